The molecule has 3 atom stereocenters. The molecule has 0 aliphatic heterocycles. The molecule has 0 saturated carbocycles. The fourth-order valence-corrected chi connectivity index (χ4v) is 3.07. The van der Waals surface area contributed by atoms with Gasteiger partial charge in [-0.2, -0.15) is 0 Å². The van der Waals surface area contributed by atoms with Gasteiger partial charge in [0.25, 0.3) is 0 Å². The molecule has 0 aromatic heterocycles. The Kier molecular flexibility index (Phi) is 7.12. The van der Waals surface area contributed by atoms with E-state index in [0.29, 0.717) is 12.8 Å². The summed E-state index contributed by atoms with van der Waals surface area (Å²) in [5.41, 5.74) is -0.959. The van der Waals surface area contributed by atoms with Gasteiger partial charge >= 0.3 is 0 Å². The molecular weight excluding hydrogens is 318 g/mol. The molecule has 0 radical (unpaired) electrons. The first-order valence-corrected chi connectivity index (χ1v) is 8.91. The van der Waals surface area contributed by atoms with Crippen molar-refractivity contribution in [2.24, 2.45) is 22.7 Å². The van der Waals surface area contributed by atoms with Crippen LogP contribution < -0.4 is 5.32 Å². The summed E-state index contributed by atoms with van der Waals surface area (Å²) in [4.78, 5) is 38.0. The number of nitrogens with one attached hydrogen (secondary N) is 1. The van der Waals surface area contributed by atoms with Crippen LogP contribution in [0.5, 0.6) is 0 Å². The molecule has 142 valence electrons. The molecule has 1 rings (SSSR count). The van der Waals surface area contributed by atoms with E-state index in [0.717, 1.165) is 0 Å². The number of rotatable bonds is 6. The smallest absolute Gasteiger partial charge is 0.224 e. The number of hydrogen-bond acceptors (Lipinski definition) is 4. The van der Waals surface area contributed by atoms with E-state index in [1.54, 1.807) is 0 Å². The second kappa shape index (κ2) is 8.26. The van der Waals surface area contributed by atoms with Gasteiger partial charge in [-0.05, 0) is 18.3 Å². The molecule has 5 heteroatoms. The number of Topliss-reactive ketones (excluding diaryl/α,β-unsaturated/α-hetero) is 2. The molecule has 5 nitrogen and oxygen atoms in total. The quantitative estimate of drug-likeness (QED) is 0.747. The van der Waals surface area contributed by atoms with Gasteiger partial charge in [-0.25, -0.2) is 0 Å². The van der Waals surface area contributed by atoms with Crippen LogP contribution in [-0.4, -0.2) is 37.2 Å². The van der Waals surface area contributed by atoms with Crippen LogP contribution in [0.15, 0.2) is 12.2 Å². The summed E-state index contributed by atoms with van der Waals surface area (Å²) in [6, 6.07) is -0.593. The van der Waals surface area contributed by atoms with E-state index in [9.17, 15) is 14.4 Å². The lowest BCUT2D eigenvalue weighted by Gasteiger charge is -2.36. The summed E-state index contributed by atoms with van der Waals surface area (Å²) in [7, 11) is 1.48. The maximum atomic E-state index is 12.9. The minimum Gasteiger partial charge on any atom is -0.377 e. The van der Waals surface area contributed by atoms with Crippen molar-refractivity contribution in [1.82, 2.24) is 5.32 Å². The fourth-order valence-electron chi connectivity index (χ4n) is 3.07. The van der Waals surface area contributed by atoms with Gasteiger partial charge in [-0.15, -0.1) is 0 Å². The van der Waals surface area contributed by atoms with Crippen molar-refractivity contribution in [2.75, 3.05) is 13.7 Å². The van der Waals surface area contributed by atoms with Gasteiger partial charge in [0.15, 0.2) is 11.6 Å². The molecule has 1 N–H and O–H groups in total. The number of carbonyl (C=O) groups excluding carboxylic acids is 3. The molecular formula is C20H33NO4. The molecule has 0 fully saturated rings. The van der Waals surface area contributed by atoms with Gasteiger partial charge in [-0.1, -0.05) is 53.7 Å². The second-order valence-electron chi connectivity index (χ2n) is 8.98. The number of ether oxygens (including phenoxy) is 1. The average molecular weight is 351 g/mol. The molecule has 3 unspecified atom stereocenters. The third kappa shape index (κ3) is 5.77. The molecule has 1 aliphatic carbocycles. The predicted octanol–water partition coefficient (Wildman–Crippen LogP) is 2.93. The number of amides is 1. The van der Waals surface area contributed by atoms with Gasteiger partial charge in [0, 0.05) is 18.4 Å². The van der Waals surface area contributed by atoms with Gasteiger partial charge in [-0.3, -0.25) is 14.4 Å². The zero-order valence-electron chi connectivity index (χ0n) is 16.6. The Bertz CT molecular complexity index is 537. The van der Waals surface area contributed by atoms with E-state index in [1.165, 1.54) is 7.11 Å². The lowest BCUT2D eigenvalue weighted by molar-refractivity contribution is -0.140. The number of ketones is 2. The van der Waals surface area contributed by atoms with Crippen molar-refractivity contribution < 1.29 is 19.1 Å². The Morgan fingerprint density at radius 2 is 1.56 bits per heavy atom. The molecule has 0 aromatic carbocycles. The van der Waals surface area contributed by atoms with Crippen molar-refractivity contribution in [3.05, 3.63) is 12.2 Å². The van der Waals surface area contributed by atoms with Crippen molar-refractivity contribution in [2.45, 2.75) is 60.4 Å². The van der Waals surface area contributed by atoms with E-state index in [1.807, 2.05) is 53.7 Å². The van der Waals surface area contributed by atoms with Crippen molar-refractivity contribution >= 4 is 17.5 Å². The van der Waals surface area contributed by atoms with Gasteiger partial charge in [0.1, 0.15) is 6.61 Å². The highest BCUT2D eigenvalue weighted by atomic mass is 16.5. The highest BCUT2D eigenvalue weighted by molar-refractivity contribution is 5.95. The summed E-state index contributed by atoms with van der Waals surface area (Å²) < 4.78 is 4.94. The largest absolute Gasteiger partial charge is 0.377 e. The number of carbonyl (C=O) groups is 3. The minimum absolute atomic E-state index is 0.000491. The summed E-state index contributed by atoms with van der Waals surface area (Å²) in [6.45, 7) is 11.4. The SMILES string of the molecule is COCC(=O)C1CC=CCC1C(=O)NC(C(=O)C(C)(C)C)C(C)(C)C. The van der Waals surface area contributed by atoms with Crippen LogP contribution in [0, 0.1) is 22.7 Å². The van der Waals surface area contributed by atoms with Gasteiger partial charge < -0.3 is 10.1 Å². The number of methoxy groups -OCH3 is 1. The normalized spacial score (nSPS) is 22.4. The Morgan fingerprint density at radius 3 is 2.00 bits per heavy atom. The van der Waals surface area contributed by atoms with Crippen molar-refractivity contribution in [1.29, 1.82) is 0 Å². The summed E-state index contributed by atoms with van der Waals surface area (Å²) in [5, 5.41) is 2.94. The third-order valence-corrected chi connectivity index (χ3v) is 4.62. The van der Waals surface area contributed by atoms with Crippen LogP contribution >= 0.6 is 0 Å². The van der Waals surface area contributed by atoms with Crippen molar-refractivity contribution in [3.8, 4) is 0 Å². The molecule has 1 aliphatic rings. The zero-order chi connectivity index (χ0) is 19.4. The van der Waals surface area contributed by atoms with E-state index >= 15 is 0 Å². The monoisotopic (exact) mass is 351 g/mol. The maximum Gasteiger partial charge on any atom is 0.224 e. The first-order chi connectivity index (χ1) is 11.4. The highest BCUT2D eigenvalue weighted by Crippen LogP contribution is 2.30. The highest BCUT2D eigenvalue weighted by Gasteiger charge is 2.41. The Hall–Kier alpha value is -1.49. The Balaban J connectivity index is 3.00. The number of allylic oxidation sites excluding steroid dienone is 2. The standard InChI is InChI=1S/C20H33NO4/c1-19(2,3)16(17(23)20(4,5)6)21-18(24)14-11-9-8-10-13(14)15(22)12-25-7/h8-9,13-14,16H,10-12H2,1-7H3,(H,21,24). The lowest BCUT2D eigenvalue weighted by atomic mass is 9.74. The van der Waals surface area contributed by atoms with Crippen LogP contribution in [0.1, 0.15) is 54.4 Å². The van der Waals surface area contributed by atoms with E-state index in [4.69, 9.17) is 4.74 Å². The molecule has 0 aromatic rings. The van der Waals surface area contributed by atoms with Crippen LogP contribution in [0.2, 0.25) is 0 Å². The van der Waals surface area contributed by atoms with Gasteiger partial charge in [0.05, 0.1) is 12.0 Å². The zero-order valence-corrected chi connectivity index (χ0v) is 16.6. The second-order valence-corrected chi connectivity index (χ2v) is 8.98. The van der Waals surface area contributed by atoms with Crippen molar-refractivity contribution in [3.63, 3.8) is 0 Å². The molecule has 0 saturated heterocycles. The van der Waals surface area contributed by atoms with E-state index in [-0.39, 0.29) is 24.1 Å². The van der Waals surface area contributed by atoms with Gasteiger partial charge in [0.2, 0.25) is 5.91 Å². The molecule has 0 bridgehead atoms. The topological polar surface area (TPSA) is 72.5 Å². The Labute approximate surface area is 151 Å². The number of hydrogen-bond donors (Lipinski definition) is 1. The fraction of sp³-hybridized carbons (Fsp3) is 0.750. The van der Waals surface area contributed by atoms with Crippen LogP contribution in [-0.2, 0) is 19.1 Å². The summed E-state index contributed by atoms with van der Waals surface area (Å²) >= 11 is 0. The summed E-state index contributed by atoms with van der Waals surface area (Å²) in [5.74, 6) is -1.14. The van der Waals surface area contributed by atoms with Crippen LogP contribution in [0.4, 0.5) is 0 Å². The maximum absolute atomic E-state index is 12.9. The third-order valence-electron chi connectivity index (χ3n) is 4.62. The van der Waals surface area contributed by atoms with Crippen LogP contribution in [0.3, 0.4) is 0 Å². The first-order valence-electron chi connectivity index (χ1n) is 8.91. The average Bonchev–Trinajstić information content (AvgIpc) is 2.50. The van der Waals surface area contributed by atoms with Crippen LogP contribution in [0.25, 0.3) is 0 Å². The molecule has 0 heterocycles. The molecule has 25 heavy (non-hydrogen) atoms. The van der Waals surface area contributed by atoms with E-state index < -0.39 is 28.7 Å². The summed E-state index contributed by atoms with van der Waals surface area (Å²) in [6.07, 6.45) is 4.91. The Morgan fingerprint density at radius 1 is 1.04 bits per heavy atom. The lowest BCUT2D eigenvalue weighted by Crippen LogP contribution is -2.55. The van der Waals surface area contributed by atoms with E-state index in [2.05, 4.69) is 5.32 Å². The molecule has 0 spiro atoms. The predicted molar refractivity (Wildman–Crippen MR) is 98.1 cm³/mol. The first kappa shape index (κ1) is 21.6. The minimum atomic E-state index is -0.593. The molecule has 1 amide bonds.